The van der Waals surface area contributed by atoms with E-state index < -0.39 is 0 Å². The Morgan fingerprint density at radius 1 is 1.28 bits per heavy atom. The third kappa shape index (κ3) is 7.48. The van der Waals surface area contributed by atoms with E-state index in [1.165, 1.54) is 12.3 Å². The van der Waals surface area contributed by atoms with Crippen molar-refractivity contribution in [3.63, 3.8) is 0 Å². The number of nitrogens with one attached hydrogen (secondary N) is 1. The van der Waals surface area contributed by atoms with Gasteiger partial charge in [0.1, 0.15) is 10.8 Å². The summed E-state index contributed by atoms with van der Waals surface area (Å²) in [5, 5.41) is 2.99. The summed E-state index contributed by atoms with van der Waals surface area (Å²) in [6.45, 7) is 13.2. The van der Waals surface area contributed by atoms with Crippen molar-refractivity contribution in [3.8, 4) is 11.5 Å². The highest BCUT2D eigenvalue weighted by atomic mass is 35.5. The number of aliphatic imine (C=N–C) groups is 2. The minimum Gasteiger partial charge on any atom is -0.493 e. The average molecular weight is 511 g/mol. The molecule has 1 aromatic heterocycles. The van der Waals surface area contributed by atoms with Gasteiger partial charge in [0, 0.05) is 50.0 Å². The molecule has 9 nitrogen and oxygen atoms in total. The zero-order valence-corrected chi connectivity index (χ0v) is 21.5. The van der Waals surface area contributed by atoms with Crippen LogP contribution in [0.4, 0.5) is 11.5 Å². The van der Waals surface area contributed by atoms with Crippen LogP contribution in [0, 0.1) is 0 Å². The number of aromatic nitrogens is 1. The number of rotatable bonds is 9. The van der Waals surface area contributed by atoms with Crippen LogP contribution in [0.3, 0.4) is 0 Å². The lowest BCUT2D eigenvalue weighted by Gasteiger charge is -2.35. The number of nitrogens with zero attached hydrogens (tertiary/aromatic N) is 5. The molecule has 1 aromatic carbocycles. The third-order valence-corrected chi connectivity index (χ3v) is 5.92. The van der Waals surface area contributed by atoms with Crippen molar-refractivity contribution in [1.82, 2.24) is 14.8 Å². The fourth-order valence-electron chi connectivity index (χ4n) is 3.57. The molecule has 1 aliphatic rings. The van der Waals surface area contributed by atoms with Crippen molar-refractivity contribution in [3.05, 3.63) is 66.0 Å². The fourth-order valence-corrected chi connectivity index (χ4v) is 3.71. The number of pyridine rings is 1. The quantitative estimate of drug-likeness (QED) is 0.230. The smallest absolute Gasteiger partial charge is 0.247 e. The Morgan fingerprint density at radius 3 is 2.69 bits per heavy atom. The first kappa shape index (κ1) is 27.1. The van der Waals surface area contributed by atoms with Gasteiger partial charge >= 0.3 is 0 Å². The van der Waals surface area contributed by atoms with Gasteiger partial charge < -0.3 is 19.7 Å². The summed E-state index contributed by atoms with van der Waals surface area (Å²) in [5.41, 5.74) is 0.559. The molecule has 3 rings (SSSR count). The van der Waals surface area contributed by atoms with Crippen molar-refractivity contribution in [2.24, 2.45) is 9.98 Å². The summed E-state index contributed by atoms with van der Waals surface area (Å²) in [6, 6.07) is 8.63. The first-order valence-corrected chi connectivity index (χ1v) is 11.8. The number of amides is 1. The zero-order valence-electron chi connectivity index (χ0n) is 20.8. The molecule has 10 heteroatoms. The molecular formula is C26H31ClN6O3. The predicted molar refractivity (Wildman–Crippen MR) is 145 cm³/mol. The van der Waals surface area contributed by atoms with Crippen molar-refractivity contribution >= 4 is 41.6 Å². The molecule has 0 radical (unpaired) electrons. The molecule has 1 saturated heterocycles. The van der Waals surface area contributed by atoms with E-state index in [2.05, 4.69) is 57.4 Å². The van der Waals surface area contributed by atoms with E-state index in [1.54, 1.807) is 37.4 Å². The second-order valence-electron chi connectivity index (χ2n) is 8.20. The average Bonchev–Trinajstić information content (AvgIpc) is 2.88. The lowest BCUT2D eigenvalue weighted by molar-refractivity contribution is -0.111. The number of carbonyl (C=O) groups is 1. The number of anilines is 1. The number of methoxy groups -OCH3 is 1. The lowest BCUT2D eigenvalue weighted by Crippen LogP contribution is -2.47. The van der Waals surface area contributed by atoms with Gasteiger partial charge in [0.25, 0.3) is 0 Å². The summed E-state index contributed by atoms with van der Waals surface area (Å²) in [6.07, 6.45) is 4.62. The zero-order chi connectivity index (χ0) is 26.1. The number of amidine groups is 1. The standard InChI is InChI=1S/C26H31ClN6O3/c1-6-25(34)30-19-8-7-9-20(15-19)36-22-16-24(29-17-21(22)27)31-26(28-3)23(35-5)14-18(2)33-12-10-32(4)11-13-33/h6-9,14-18H,1,3,10-13H2,2,4-5H3,(H,30,34). The number of carbonyl (C=O) groups excluding carboxylic acids is 1. The van der Waals surface area contributed by atoms with Gasteiger partial charge in [-0.2, -0.15) is 0 Å². The number of halogens is 1. The van der Waals surface area contributed by atoms with Gasteiger partial charge in [0.15, 0.2) is 23.2 Å². The SMILES string of the molecule is C=CC(=O)Nc1cccc(Oc2cc(N=C(N=C)C(=CC(C)N3CCN(C)CC3)OC)ncc2Cl)c1. The Kier molecular flexibility index (Phi) is 9.75. The van der Waals surface area contributed by atoms with Crippen molar-refractivity contribution < 1.29 is 14.3 Å². The second kappa shape index (κ2) is 13.0. The maximum absolute atomic E-state index is 11.6. The van der Waals surface area contributed by atoms with Crippen LogP contribution in [0.2, 0.25) is 5.02 Å². The predicted octanol–water partition coefficient (Wildman–Crippen LogP) is 4.55. The molecule has 1 atom stereocenters. The van der Waals surface area contributed by atoms with E-state index in [4.69, 9.17) is 21.1 Å². The fraction of sp³-hybridized carbons (Fsp3) is 0.308. The van der Waals surface area contributed by atoms with Gasteiger partial charge in [-0.3, -0.25) is 9.69 Å². The molecule has 1 aliphatic heterocycles. The molecule has 1 amide bonds. The van der Waals surface area contributed by atoms with Gasteiger partial charge in [-0.15, -0.1) is 0 Å². The molecule has 0 spiro atoms. The number of piperazine rings is 1. The Hall–Kier alpha value is -3.53. The monoisotopic (exact) mass is 510 g/mol. The summed E-state index contributed by atoms with van der Waals surface area (Å²) in [7, 11) is 3.70. The van der Waals surface area contributed by atoms with Crippen molar-refractivity contribution in [2.45, 2.75) is 13.0 Å². The first-order chi connectivity index (χ1) is 17.3. The topological polar surface area (TPSA) is 91.6 Å². The van der Waals surface area contributed by atoms with Gasteiger partial charge in [0.2, 0.25) is 5.91 Å². The van der Waals surface area contributed by atoms with Gasteiger partial charge in [-0.1, -0.05) is 24.2 Å². The molecule has 1 unspecified atom stereocenters. The van der Waals surface area contributed by atoms with Crippen molar-refractivity contribution in [2.75, 3.05) is 45.7 Å². The number of benzene rings is 1. The molecule has 190 valence electrons. The lowest BCUT2D eigenvalue weighted by atomic mass is 10.2. The number of ether oxygens (including phenoxy) is 2. The van der Waals surface area contributed by atoms with Crippen LogP contribution < -0.4 is 10.1 Å². The molecule has 0 bridgehead atoms. The van der Waals surface area contributed by atoms with Gasteiger partial charge in [0.05, 0.1) is 13.3 Å². The highest BCUT2D eigenvalue weighted by Gasteiger charge is 2.19. The third-order valence-electron chi connectivity index (χ3n) is 5.64. The molecule has 1 N–H and O–H groups in total. The van der Waals surface area contributed by atoms with E-state index >= 15 is 0 Å². The normalized spacial score (nSPS) is 16.2. The maximum Gasteiger partial charge on any atom is 0.247 e. The number of hydrogen-bond donors (Lipinski definition) is 1. The summed E-state index contributed by atoms with van der Waals surface area (Å²) >= 11 is 6.32. The Bertz CT molecular complexity index is 1160. The number of likely N-dealkylation sites (N-methyl/N-ethyl adjacent to an activating group) is 1. The largest absolute Gasteiger partial charge is 0.493 e. The summed E-state index contributed by atoms with van der Waals surface area (Å²) in [5.74, 6) is 1.62. The minimum absolute atomic E-state index is 0.131. The molecule has 0 saturated carbocycles. The Balaban J connectivity index is 1.81. The van der Waals surface area contributed by atoms with E-state index in [1.807, 2.05) is 6.08 Å². The van der Waals surface area contributed by atoms with Crippen molar-refractivity contribution in [1.29, 1.82) is 0 Å². The molecule has 36 heavy (non-hydrogen) atoms. The first-order valence-electron chi connectivity index (χ1n) is 11.4. The van der Waals surface area contributed by atoms with Crippen LogP contribution in [0.25, 0.3) is 0 Å². The molecule has 2 aromatic rings. The molecule has 1 fully saturated rings. The second-order valence-corrected chi connectivity index (χ2v) is 8.61. The molecule has 0 aliphatic carbocycles. The summed E-state index contributed by atoms with van der Waals surface area (Å²) < 4.78 is 11.5. The molecular weight excluding hydrogens is 480 g/mol. The maximum atomic E-state index is 11.6. The van der Waals surface area contributed by atoms with Crippen LogP contribution >= 0.6 is 11.6 Å². The molecule has 2 heterocycles. The van der Waals surface area contributed by atoms with E-state index in [9.17, 15) is 4.79 Å². The number of hydrogen-bond acceptors (Lipinski definition) is 7. The van der Waals surface area contributed by atoms with Gasteiger partial charge in [-0.05, 0) is 45.0 Å². The minimum atomic E-state index is -0.320. The van der Waals surface area contributed by atoms with E-state index in [0.29, 0.717) is 39.6 Å². The Labute approximate surface area is 216 Å². The van der Waals surface area contributed by atoms with E-state index in [0.717, 1.165) is 26.2 Å². The highest BCUT2D eigenvalue weighted by Crippen LogP contribution is 2.32. The van der Waals surface area contributed by atoms with Crippen LogP contribution in [0.5, 0.6) is 11.5 Å². The van der Waals surface area contributed by atoms with Gasteiger partial charge in [-0.25, -0.2) is 15.0 Å². The van der Waals surface area contributed by atoms with Crippen LogP contribution in [-0.4, -0.2) is 79.6 Å². The van der Waals surface area contributed by atoms with E-state index in [-0.39, 0.29) is 11.9 Å². The van der Waals surface area contributed by atoms with Crippen LogP contribution in [-0.2, 0) is 9.53 Å². The van der Waals surface area contributed by atoms with Crippen LogP contribution in [0.15, 0.2) is 71.0 Å². The summed E-state index contributed by atoms with van der Waals surface area (Å²) in [4.78, 5) is 29.1. The Morgan fingerprint density at radius 2 is 2.03 bits per heavy atom. The highest BCUT2D eigenvalue weighted by molar-refractivity contribution is 6.32. The van der Waals surface area contributed by atoms with Crippen LogP contribution in [0.1, 0.15) is 6.92 Å².